The van der Waals surface area contributed by atoms with Crippen LogP contribution in [0.4, 0.5) is 0 Å². The van der Waals surface area contributed by atoms with Crippen molar-refractivity contribution in [3.8, 4) is 5.75 Å². The topological polar surface area (TPSA) is 58.1 Å². The van der Waals surface area contributed by atoms with Gasteiger partial charge in [-0.3, -0.25) is 9.89 Å². The molecule has 2 N–H and O–H groups in total. The van der Waals surface area contributed by atoms with Crippen molar-refractivity contribution >= 4 is 29.9 Å². The molecule has 0 amide bonds. The van der Waals surface area contributed by atoms with E-state index in [1.165, 1.54) is 37.7 Å². The number of nitrogens with one attached hydrogen (secondary N) is 2. The van der Waals surface area contributed by atoms with Crippen LogP contribution in [-0.4, -0.2) is 64.4 Å². The lowest BCUT2D eigenvalue weighted by Gasteiger charge is -2.41. The van der Waals surface area contributed by atoms with Gasteiger partial charge in [0.15, 0.2) is 5.96 Å². The first-order valence-corrected chi connectivity index (χ1v) is 11.6. The zero-order valence-corrected chi connectivity index (χ0v) is 21.8. The predicted molar refractivity (Wildman–Crippen MR) is 139 cm³/mol. The summed E-state index contributed by atoms with van der Waals surface area (Å²) in [7, 11) is 3.55. The normalized spacial score (nSPS) is 19.3. The summed E-state index contributed by atoms with van der Waals surface area (Å²) in [6.45, 7) is 7.77. The Kier molecular flexibility index (Phi) is 11.4. The van der Waals surface area contributed by atoms with Gasteiger partial charge in [0, 0.05) is 38.9 Å². The van der Waals surface area contributed by atoms with E-state index in [1.54, 1.807) is 14.2 Å². The number of benzene rings is 1. The summed E-state index contributed by atoms with van der Waals surface area (Å²) >= 11 is 0. The largest absolute Gasteiger partial charge is 0.496 e. The van der Waals surface area contributed by atoms with E-state index < -0.39 is 0 Å². The number of likely N-dealkylation sites (tertiary alicyclic amines) is 1. The fourth-order valence-electron chi connectivity index (χ4n) is 4.70. The highest BCUT2D eigenvalue weighted by atomic mass is 127. The Bertz CT molecular complexity index is 675. The zero-order valence-electron chi connectivity index (χ0n) is 19.5. The molecule has 0 spiro atoms. The lowest BCUT2D eigenvalue weighted by atomic mass is 9.67. The van der Waals surface area contributed by atoms with Gasteiger partial charge in [-0.25, -0.2) is 0 Å². The van der Waals surface area contributed by atoms with Gasteiger partial charge < -0.3 is 20.1 Å². The Morgan fingerprint density at radius 1 is 1.13 bits per heavy atom. The van der Waals surface area contributed by atoms with Crippen LogP contribution in [0.25, 0.3) is 0 Å². The predicted octanol–water partition coefficient (Wildman–Crippen LogP) is 4.21. The van der Waals surface area contributed by atoms with Crippen molar-refractivity contribution in [2.24, 2.45) is 10.4 Å². The van der Waals surface area contributed by atoms with Crippen LogP contribution in [0.1, 0.15) is 57.1 Å². The standard InChI is InChI=1S/C24H40N4O2.HI/c1-4-25-23(27-19-24(12-9-13-24)14-17-29-2)26-18-21(28-15-7-8-16-28)20-10-5-6-11-22(20)30-3;/h5-6,10-11,21H,4,7-9,12-19H2,1-3H3,(H2,25,26,27);1H. The van der Waals surface area contributed by atoms with E-state index in [2.05, 4.69) is 40.7 Å². The number of methoxy groups -OCH3 is 2. The molecule has 0 aromatic heterocycles. The number of para-hydroxylation sites is 1. The molecule has 2 aliphatic rings. The highest BCUT2D eigenvalue weighted by molar-refractivity contribution is 14.0. The summed E-state index contributed by atoms with van der Waals surface area (Å²) in [6.07, 6.45) is 7.47. The van der Waals surface area contributed by atoms with Crippen LogP contribution in [-0.2, 0) is 4.74 Å². The van der Waals surface area contributed by atoms with Gasteiger partial charge in [-0.1, -0.05) is 24.6 Å². The number of ether oxygens (including phenoxy) is 2. The summed E-state index contributed by atoms with van der Waals surface area (Å²) in [5, 5.41) is 7.08. The third-order valence-corrected chi connectivity index (χ3v) is 6.71. The Hall–Kier alpha value is -1.06. The van der Waals surface area contributed by atoms with Gasteiger partial charge in [0.05, 0.1) is 13.2 Å². The number of hydrogen-bond donors (Lipinski definition) is 2. The van der Waals surface area contributed by atoms with Gasteiger partial charge in [-0.2, -0.15) is 0 Å². The molecule has 1 atom stereocenters. The molecule has 1 aromatic carbocycles. The molecule has 2 fully saturated rings. The Morgan fingerprint density at radius 2 is 1.87 bits per heavy atom. The number of aliphatic imine (C=N–C) groups is 1. The third-order valence-electron chi connectivity index (χ3n) is 6.71. The van der Waals surface area contributed by atoms with Crippen LogP contribution >= 0.6 is 24.0 Å². The molecule has 31 heavy (non-hydrogen) atoms. The Labute approximate surface area is 205 Å². The average Bonchev–Trinajstić information content (AvgIpc) is 3.27. The van der Waals surface area contributed by atoms with Gasteiger partial charge in [0.25, 0.3) is 0 Å². The highest BCUT2D eigenvalue weighted by Gasteiger charge is 2.36. The van der Waals surface area contributed by atoms with Crippen molar-refractivity contribution in [2.75, 3.05) is 53.6 Å². The van der Waals surface area contributed by atoms with Crippen LogP contribution in [0.15, 0.2) is 29.3 Å². The number of halogens is 1. The third kappa shape index (κ3) is 7.22. The molecular formula is C24H41IN4O2. The van der Waals surface area contributed by atoms with E-state index >= 15 is 0 Å². The second-order valence-electron chi connectivity index (χ2n) is 8.67. The van der Waals surface area contributed by atoms with Crippen LogP contribution in [0.3, 0.4) is 0 Å². The minimum atomic E-state index is 0. The smallest absolute Gasteiger partial charge is 0.191 e. The number of nitrogens with zero attached hydrogens (tertiary/aromatic N) is 2. The maximum Gasteiger partial charge on any atom is 0.191 e. The molecule has 3 rings (SSSR count). The molecule has 176 valence electrons. The van der Waals surface area contributed by atoms with Crippen molar-refractivity contribution in [3.63, 3.8) is 0 Å². The van der Waals surface area contributed by atoms with Gasteiger partial charge in [0.2, 0.25) is 0 Å². The van der Waals surface area contributed by atoms with Gasteiger partial charge in [-0.15, -0.1) is 24.0 Å². The molecule has 1 aliphatic carbocycles. The first-order chi connectivity index (χ1) is 14.7. The van der Waals surface area contributed by atoms with Gasteiger partial charge >= 0.3 is 0 Å². The molecule has 0 radical (unpaired) electrons. The van der Waals surface area contributed by atoms with Crippen LogP contribution < -0.4 is 15.4 Å². The maximum atomic E-state index is 5.68. The monoisotopic (exact) mass is 544 g/mol. The van der Waals surface area contributed by atoms with E-state index in [0.717, 1.165) is 57.5 Å². The minimum Gasteiger partial charge on any atom is -0.496 e. The highest BCUT2D eigenvalue weighted by Crippen LogP contribution is 2.44. The average molecular weight is 545 g/mol. The molecule has 6 nitrogen and oxygen atoms in total. The SMILES string of the molecule is CCNC(=NCC1(CCOC)CCC1)NCC(c1ccccc1OC)N1CCCC1.I. The first-order valence-electron chi connectivity index (χ1n) is 11.6. The molecule has 1 aliphatic heterocycles. The molecule has 1 saturated carbocycles. The van der Waals surface area contributed by atoms with Crippen LogP contribution in [0, 0.1) is 5.41 Å². The number of rotatable bonds is 11. The summed E-state index contributed by atoms with van der Waals surface area (Å²) in [6, 6.07) is 8.69. The Balaban J connectivity index is 0.00000341. The van der Waals surface area contributed by atoms with E-state index in [4.69, 9.17) is 14.5 Å². The maximum absolute atomic E-state index is 5.68. The second-order valence-corrected chi connectivity index (χ2v) is 8.67. The fourth-order valence-corrected chi connectivity index (χ4v) is 4.70. The van der Waals surface area contributed by atoms with Gasteiger partial charge in [-0.05, 0) is 63.6 Å². The Morgan fingerprint density at radius 3 is 2.48 bits per heavy atom. The first kappa shape index (κ1) is 26.2. The van der Waals surface area contributed by atoms with E-state index in [1.807, 2.05) is 6.07 Å². The summed E-state index contributed by atoms with van der Waals surface area (Å²) < 4.78 is 11.0. The van der Waals surface area contributed by atoms with Crippen molar-refractivity contribution in [2.45, 2.75) is 51.5 Å². The molecule has 0 bridgehead atoms. The summed E-state index contributed by atoms with van der Waals surface area (Å²) in [5.41, 5.74) is 1.58. The van der Waals surface area contributed by atoms with Crippen molar-refractivity contribution < 1.29 is 9.47 Å². The lowest BCUT2D eigenvalue weighted by molar-refractivity contribution is 0.0778. The number of hydrogen-bond acceptors (Lipinski definition) is 4. The van der Waals surface area contributed by atoms with E-state index in [-0.39, 0.29) is 30.0 Å². The molecule has 7 heteroatoms. The molecule has 1 saturated heterocycles. The van der Waals surface area contributed by atoms with Crippen LogP contribution in [0.2, 0.25) is 0 Å². The zero-order chi connectivity index (χ0) is 21.2. The summed E-state index contributed by atoms with van der Waals surface area (Å²) in [5.74, 6) is 1.88. The molecule has 1 unspecified atom stereocenters. The minimum absolute atomic E-state index is 0. The fraction of sp³-hybridized carbons (Fsp3) is 0.708. The quantitative estimate of drug-likeness (QED) is 0.248. The van der Waals surface area contributed by atoms with Crippen molar-refractivity contribution in [1.82, 2.24) is 15.5 Å². The lowest BCUT2D eigenvalue weighted by Crippen LogP contribution is -2.44. The molecule has 1 heterocycles. The molecular weight excluding hydrogens is 503 g/mol. The van der Waals surface area contributed by atoms with Crippen molar-refractivity contribution in [3.05, 3.63) is 29.8 Å². The second kappa shape index (κ2) is 13.5. The van der Waals surface area contributed by atoms with E-state index in [9.17, 15) is 0 Å². The summed E-state index contributed by atoms with van der Waals surface area (Å²) in [4.78, 5) is 7.55. The van der Waals surface area contributed by atoms with Gasteiger partial charge in [0.1, 0.15) is 5.75 Å². The van der Waals surface area contributed by atoms with Crippen LogP contribution in [0.5, 0.6) is 5.75 Å². The van der Waals surface area contributed by atoms with E-state index in [0.29, 0.717) is 5.41 Å². The van der Waals surface area contributed by atoms with Crippen molar-refractivity contribution in [1.29, 1.82) is 0 Å². The number of guanidine groups is 1. The molecule has 1 aromatic rings.